The van der Waals surface area contributed by atoms with Gasteiger partial charge in [-0.2, -0.15) is 0 Å². The van der Waals surface area contributed by atoms with E-state index in [0.29, 0.717) is 6.54 Å². The third-order valence-corrected chi connectivity index (χ3v) is 0.611. The Morgan fingerprint density at radius 2 is 2.33 bits per heavy atom. The van der Waals surface area contributed by atoms with Crippen molar-refractivity contribution < 1.29 is 9.90 Å². The highest BCUT2D eigenvalue weighted by Gasteiger charge is 1.90. The third-order valence-electron chi connectivity index (χ3n) is 0.611. The highest BCUT2D eigenvalue weighted by Crippen LogP contribution is 1.57. The predicted octanol–water partition coefficient (Wildman–Crippen LogP) is -0.649. The molecule has 0 aromatic heterocycles. The average molecular weight is 130 g/mol. The smallest absolute Gasteiger partial charge is 0.318 e. The minimum atomic E-state index is -0.883. The van der Waals surface area contributed by atoms with Crippen LogP contribution in [-0.2, 0) is 4.79 Å². The Morgan fingerprint density at radius 1 is 1.67 bits per heavy atom. The number of hydrazine groups is 1. The summed E-state index contributed by atoms with van der Waals surface area (Å²) in [4.78, 5) is 9.83. The van der Waals surface area contributed by atoms with Gasteiger partial charge in [0.1, 0.15) is 6.54 Å². The molecule has 0 aliphatic carbocycles. The first kappa shape index (κ1) is 8.13. The minimum Gasteiger partial charge on any atom is -0.480 e. The highest BCUT2D eigenvalue weighted by molar-refractivity contribution is 5.68. The third kappa shape index (κ3) is 7.13. The van der Waals surface area contributed by atoms with Crippen LogP contribution in [0.2, 0.25) is 0 Å². The number of hydrogen-bond acceptors (Lipinski definition) is 3. The maximum absolute atomic E-state index is 9.83. The summed E-state index contributed by atoms with van der Waals surface area (Å²) in [6.45, 7) is 3.91. The van der Waals surface area contributed by atoms with E-state index in [1.165, 1.54) is 0 Å². The maximum atomic E-state index is 9.83. The Bertz CT molecular complexity index is 103. The Kier molecular flexibility index (Phi) is 4.76. The topological polar surface area (TPSA) is 61.4 Å². The molecule has 0 heterocycles. The molecular formula is C5H10N2O2. The fraction of sp³-hybridized carbons (Fsp3) is 0.400. The first-order valence-corrected chi connectivity index (χ1v) is 2.55. The quantitative estimate of drug-likeness (QED) is 0.263. The molecule has 0 aliphatic heterocycles. The summed E-state index contributed by atoms with van der Waals surface area (Å²) in [6.07, 6.45) is 1.63. The van der Waals surface area contributed by atoms with Crippen molar-refractivity contribution in [3.63, 3.8) is 0 Å². The average Bonchev–Trinajstić information content (AvgIpc) is 1.80. The van der Waals surface area contributed by atoms with Crippen LogP contribution >= 0.6 is 0 Å². The number of nitrogens with one attached hydrogen (secondary N) is 2. The number of aliphatic carboxylic acids is 1. The van der Waals surface area contributed by atoms with Crippen LogP contribution in [0.5, 0.6) is 0 Å². The van der Waals surface area contributed by atoms with Crippen molar-refractivity contribution in [2.75, 3.05) is 13.1 Å². The Hall–Kier alpha value is -0.870. The van der Waals surface area contributed by atoms with Gasteiger partial charge in [-0.15, -0.1) is 6.58 Å². The zero-order valence-corrected chi connectivity index (χ0v) is 5.05. The van der Waals surface area contributed by atoms with E-state index in [1.54, 1.807) is 6.08 Å². The molecule has 9 heavy (non-hydrogen) atoms. The molecule has 4 nitrogen and oxygen atoms in total. The molecule has 0 unspecified atom stereocenters. The molecule has 0 aromatic rings. The van der Waals surface area contributed by atoms with E-state index in [4.69, 9.17) is 5.11 Å². The Balaban J connectivity index is 2.91. The molecule has 4 heteroatoms. The molecule has 0 saturated carbocycles. The summed E-state index contributed by atoms with van der Waals surface area (Å²) in [5.74, 6) is -0.883. The molecule has 0 saturated heterocycles. The van der Waals surface area contributed by atoms with E-state index in [9.17, 15) is 4.79 Å². The number of carboxylic acids is 1. The van der Waals surface area contributed by atoms with Crippen LogP contribution in [0.15, 0.2) is 12.7 Å². The van der Waals surface area contributed by atoms with Gasteiger partial charge in [0.25, 0.3) is 0 Å². The van der Waals surface area contributed by atoms with Gasteiger partial charge in [-0.1, -0.05) is 6.08 Å². The zero-order valence-electron chi connectivity index (χ0n) is 5.05. The predicted molar refractivity (Wildman–Crippen MR) is 33.8 cm³/mol. The van der Waals surface area contributed by atoms with Gasteiger partial charge in [0, 0.05) is 6.54 Å². The largest absolute Gasteiger partial charge is 0.480 e. The zero-order chi connectivity index (χ0) is 7.11. The molecule has 0 fully saturated rings. The molecule has 0 atom stereocenters. The lowest BCUT2D eigenvalue weighted by Crippen LogP contribution is -2.35. The van der Waals surface area contributed by atoms with Crippen LogP contribution in [0.4, 0.5) is 0 Å². The lowest BCUT2D eigenvalue weighted by Gasteiger charge is -1.98. The Labute approximate surface area is 53.5 Å². The molecule has 0 spiro atoms. The summed E-state index contributed by atoms with van der Waals surface area (Å²) in [5.41, 5.74) is 5.08. The number of carbonyl (C=O) groups is 1. The van der Waals surface area contributed by atoms with Crippen molar-refractivity contribution in [3.05, 3.63) is 12.7 Å². The first-order chi connectivity index (χ1) is 4.27. The second-order valence-electron chi connectivity index (χ2n) is 1.42. The van der Waals surface area contributed by atoms with E-state index in [2.05, 4.69) is 17.4 Å². The summed E-state index contributed by atoms with van der Waals surface area (Å²) in [7, 11) is 0. The van der Waals surface area contributed by atoms with Crippen molar-refractivity contribution >= 4 is 5.97 Å². The highest BCUT2D eigenvalue weighted by atomic mass is 16.4. The second-order valence-corrected chi connectivity index (χ2v) is 1.42. The molecule has 0 aliphatic rings. The second kappa shape index (κ2) is 5.27. The van der Waals surface area contributed by atoms with Crippen LogP contribution in [0.3, 0.4) is 0 Å². The SMILES string of the molecule is C=CCNNCC(=O)O. The minimum absolute atomic E-state index is 0.0756. The van der Waals surface area contributed by atoms with E-state index < -0.39 is 5.97 Å². The molecule has 0 amide bonds. The van der Waals surface area contributed by atoms with Gasteiger partial charge < -0.3 is 5.11 Å². The summed E-state index contributed by atoms with van der Waals surface area (Å²) < 4.78 is 0. The van der Waals surface area contributed by atoms with Gasteiger partial charge in [0.15, 0.2) is 0 Å². The number of carboxylic acid groups (broad SMARTS) is 1. The van der Waals surface area contributed by atoms with Crippen LogP contribution in [0.25, 0.3) is 0 Å². The van der Waals surface area contributed by atoms with Gasteiger partial charge in [0.2, 0.25) is 0 Å². The number of hydrogen-bond donors (Lipinski definition) is 3. The van der Waals surface area contributed by atoms with Crippen molar-refractivity contribution in [3.8, 4) is 0 Å². The monoisotopic (exact) mass is 130 g/mol. The molecule has 52 valence electrons. The van der Waals surface area contributed by atoms with Crippen LogP contribution < -0.4 is 10.9 Å². The van der Waals surface area contributed by atoms with Gasteiger partial charge in [-0.25, -0.2) is 5.43 Å². The van der Waals surface area contributed by atoms with Crippen molar-refractivity contribution in [2.24, 2.45) is 0 Å². The van der Waals surface area contributed by atoms with Crippen molar-refractivity contribution in [1.82, 2.24) is 10.9 Å². The normalized spacial score (nSPS) is 8.89. The maximum Gasteiger partial charge on any atom is 0.318 e. The molecule has 0 bridgehead atoms. The van der Waals surface area contributed by atoms with Crippen LogP contribution in [0.1, 0.15) is 0 Å². The standard InChI is InChI=1S/C5H10N2O2/c1-2-3-6-7-4-5(8)9/h2,6-7H,1,3-4H2,(H,8,9). The molecular weight excluding hydrogens is 120 g/mol. The van der Waals surface area contributed by atoms with Crippen LogP contribution in [-0.4, -0.2) is 24.2 Å². The van der Waals surface area contributed by atoms with E-state index in [-0.39, 0.29) is 6.54 Å². The lowest BCUT2D eigenvalue weighted by atomic mass is 10.6. The van der Waals surface area contributed by atoms with Gasteiger partial charge in [-0.3, -0.25) is 10.2 Å². The van der Waals surface area contributed by atoms with E-state index in [1.807, 2.05) is 0 Å². The molecule has 3 N–H and O–H groups in total. The first-order valence-electron chi connectivity index (χ1n) is 2.55. The summed E-state index contributed by atoms with van der Waals surface area (Å²) in [6, 6.07) is 0. The fourth-order valence-electron chi connectivity index (χ4n) is 0.282. The van der Waals surface area contributed by atoms with Crippen LogP contribution in [0, 0.1) is 0 Å². The van der Waals surface area contributed by atoms with Crippen molar-refractivity contribution in [2.45, 2.75) is 0 Å². The van der Waals surface area contributed by atoms with Gasteiger partial charge in [0.05, 0.1) is 0 Å². The van der Waals surface area contributed by atoms with Gasteiger partial charge in [-0.05, 0) is 0 Å². The van der Waals surface area contributed by atoms with Gasteiger partial charge >= 0.3 is 5.97 Å². The Morgan fingerprint density at radius 3 is 2.78 bits per heavy atom. The lowest BCUT2D eigenvalue weighted by molar-refractivity contribution is -0.136. The summed E-state index contributed by atoms with van der Waals surface area (Å²) in [5, 5.41) is 8.08. The molecule has 0 aromatic carbocycles. The van der Waals surface area contributed by atoms with Crippen molar-refractivity contribution in [1.29, 1.82) is 0 Å². The fourth-order valence-corrected chi connectivity index (χ4v) is 0.282. The van der Waals surface area contributed by atoms with E-state index >= 15 is 0 Å². The number of rotatable bonds is 5. The summed E-state index contributed by atoms with van der Waals surface area (Å²) >= 11 is 0. The molecule has 0 radical (unpaired) electrons. The van der Waals surface area contributed by atoms with E-state index in [0.717, 1.165) is 0 Å². The molecule has 0 rings (SSSR count).